The van der Waals surface area contributed by atoms with E-state index in [-0.39, 0.29) is 5.75 Å². The van der Waals surface area contributed by atoms with Crippen molar-refractivity contribution in [3.05, 3.63) is 54.3 Å². The van der Waals surface area contributed by atoms with Gasteiger partial charge in [-0.3, -0.25) is 4.79 Å². The monoisotopic (exact) mass is 388 g/mol. The predicted molar refractivity (Wildman–Crippen MR) is 98.9 cm³/mol. The molecule has 0 saturated heterocycles. The largest absolute Gasteiger partial charge is 0.479 e. The maximum Gasteiger partial charge on any atom is 0.347 e. The van der Waals surface area contributed by atoms with Gasteiger partial charge in [-0.1, -0.05) is 12.1 Å². The van der Waals surface area contributed by atoms with E-state index in [4.69, 9.17) is 14.7 Å². The van der Waals surface area contributed by atoms with Crippen LogP contribution >= 0.6 is 11.8 Å². The van der Waals surface area contributed by atoms with Crippen molar-refractivity contribution in [2.24, 2.45) is 0 Å². The van der Waals surface area contributed by atoms with Crippen LogP contribution in [0, 0.1) is 17.1 Å². The van der Waals surface area contributed by atoms with E-state index in [2.05, 4.69) is 5.32 Å². The lowest BCUT2D eigenvalue weighted by Crippen LogP contribution is -2.29. The SMILES string of the molecule is C[C@@H](Oc1ccc(F)cc1)C(=O)OCC(=O)Nc1ccccc1SCC#N. The van der Waals surface area contributed by atoms with Gasteiger partial charge in [-0.15, -0.1) is 11.8 Å². The zero-order valence-corrected chi connectivity index (χ0v) is 15.3. The molecule has 140 valence electrons. The van der Waals surface area contributed by atoms with Crippen molar-refractivity contribution in [2.45, 2.75) is 17.9 Å². The second-order valence-corrected chi connectivity index (χ2v) is 6.33. The summed E-state index contributed by atoms with van der Waals surface area (Å²) in [5.41, 5.74) is 0.536. The summed E-state index contributed by atoms with van der Waals surface area (Å²) in [6.07, 6.45) is -0.957. The predicted octanol–water partition coefficient (Wildman–Crippen LogP) is 3.39. The number of esters is 1. The molecule has 0 aliphatic rings. The van der Waals surface area contributed by atoms with Gasteiger partial charge in [-0.05, 0) is 43.3 Å². The number of benzene rings is 2. The number of ether oxygens (including phenoxy) is 2. The number of nitrogens with one attached hydrogen (secondary N) is 1. The summed E-state index contributed by atoms with van der Waals surface area (Å²) in [6, 6.07) is 14.2. The van der Waals surface area contributed by atoms with Gasteiger partial charge in [0.15, 0.2) is 12.7 Å². The lowest BCUT2D eigenvalue weighted by atomic mass is 10.3. The van der Waals surface area contributed by atoms with Crippen molar-refractivity contribution >= 4 is 29.3 Å². The lowest BCUT2D eigenvalue weighted by molar-refractivity contribution is -0.153. The molecule has 0 saturated carbocycles. The summed E-state index contributed by atoms with van der Waals surface area (Å²) in [5.74, 6) is -1.08. The lowest BCUT2D eigenvalue weighted by Gasteiger charge is -2.14. The number of rotatable bonds is 8. The Hall–Kier alpha value is -3.05. The smallest absolute Gasteiger partial charge is 0.347 e. The van der Waals surface area contributed by atoms with Crippen LogP contribution in [-0.4, -0.2) is 30.3 Å². The molecule has 2 aromatic rings. The van der Waals surface area contributed by atoms with Gasteiger partial charge >= 0.3 is 5.97 Å². The number of anilines is 1. The molecule has 0 aliphatic carbocycles. The van der Waals surface area contributed by atoms with E-state index in [9.17, 15) is 14.0 Å². The highest BCUT2D eigenvalue weighted by atomic mass is 32.2. The van der Waals surface area contributed by atoms with Crippen molar-refractivity contribution < 1.29 is 23.5 Å². The van der Waals surface area contributed by atoms with E-state index in [0.717, 1.165) is 4.90 Å². The normalized spacial score (nSPS) is 11.1. The molecule has 2 aromatic carbocycles. The van der Waals surface area contributed by atoms with E-state index in [0.29, 0.717) is 11.4 Å². The minimum absolute atomic E-state index is 0.250. The third-order valence-corrected chi connectivity index (χ3v) is 4.20. The first kappa shape index (κ1) is 20.3. The van der Waals surface area contributed by atoms with Crippen LogP contribution in [0.15, 0.2) is 53.4 Å². The number of hydrogen-bond donors (Lipinski definition) is 1. The Morgan fingerprint density at radius 3 is 2.63 bits per heavy atom. The van der Waals surface area contributed by atoms with E-state index in [1.54, 1.807) is 24.3 Å². The Bertz CT molecular complexity index is 836. The number of thioether (sulfide) groups is 1. The van der Waals surface area contributed by atoms with Crippen LogP contribution in [0.3, 0.4) is 0 Å². The summed E-state index contributed by atoms with van der Waals surface area (Å²) in [7, 11) is 0. The number of nitriles is 1. The minimum atomic E-state index is -0.957. The van der Waals surface area contributed by atoms with Gasteiger partial charge in [0.05, 0.1) is 17.5 Å². The second-order valence-electron chi connectivity index (χ2n) is 5.31. The molecule has 0 unspecified atom stereocenters. The molecule has 2 rings (SSSR count). The maximum absolute atomic E-state index is 12.9. The molecule has 8 heteroatoms. The fourth-order valence-electron chi connectivity index (χ4n) is 2.01. The summed E-state index contributed by atoms with van der Waals surface area (Å²) < 4.78 is 23.1. The van der Waals surface area contributed by atoms with Crippen LogP contribution in [0.4, 0.5) is 10.1 Å². The highest BCUT2D eigenvalue weighted by molar-refractivity contribution is 7.99. The zero-order valence-electron chi connectivity index (χ0n) is 14.5. The van der Waals surface area contributed by atoms with Crippen molar-refractivity contribution in [1.82, 2.24) is 0 Å². The van der Waals surface area contributed by atoms with Crippen LogP contribution in [0.1, 0.15) is 6.92 Å². The van der Waals surface area contributed by atoms with E-state index < -0.39 is 30.4 Å². The molecule has 27 heavy (non-hydrogen) atoms. The standard InChI is InChI=1S/C19H17FN2O4S/c1-13(26-15-8-6-14(20)7-9-15)19(24)25-12-18(23)22-16-4-2-3-5-17(16)27-11-10-21/h2-9,13H,11-12H2,1H3,(H,22,23)/t13-/m1/s1. The maximum atomic E-state index is 12.9. The number of carbonyl (C=O) groups excluding carboxylic acids is 2. The number of carbonyl (C=O) groups is 2. The molecule has 6 nitrogen and oxygen atoms in total. The first-order valence-corrected chi connectivity index (χ1v) is 8.95. The quantitative estimate of drug-likeness (QED) is 0.551. The zero-order chi connectivity index (χ0) is 19.6. The van der Waals surface area contributed by atoms with E-state index in [1.165, 1.54) is 43.0 Å². The topological polar surface area (TPSA) is 88.4 Å². The number of halogens is 1. The number of amides is 1. The summed E-state index contributed by atoms with van der Waals surface area (Å²) in [6.45, 7) is 0.991. The van der Waals surface area contributed by atoms with Gasteiger partial charge in [0.1, 0.15) is 11.6 Å². The molecule has 1 amide bonds. The first-order valence-electron chi connectivity index (χ1n) is 7.97. The average Bonchev–Trinajstić information content (AvgIpc) is 2.67. The number of para-hydroxylation sites is 1. The Kier molecular flexibility index (Phi) is 7.64. The average molecular weight is 388 g/mol. The molecule has 1 N–H and O–H groups in total. The summed E-state index contributed by atoms with van der Waals surface area (Å²) >= 11 is 1.29. The Balaban J connectivity index is 1.83. The highest BCUT2D eigenvalue weighted by Crippen LogP contribution is 2.26. The molecule has 0 aliphatic heterocycles. The summed E-state index contributed by atoms with van der Waals surface area (Å²) in [4.78, 5) is 24.7. The Labute approximate surface area is 160 Å². The molecule has 0 spiro atoms. The highest BCUT2D eigenvalue weighted by Gasteiger charge is 2.18. The van der Waals surface area contributed by atoms with Gasteiger partial charge in [-0.25, -0.2) is 9.18 Å². The fraction of sp³-hybridized carbons (Fsp3) is 0.211. The molecule has 0 bridgehead atoms. The number of hydrogen-bond acceptors (Lipinski definition) is 6. The van der Waals surface area contributed by atoms with Crippen LogP contribution in [0.25, 0.3) is 0 Å². The molecule has 0 fully saturated rings. The van der Waals surface area contributed by atoms with Crippen molar-refractivity contribution in [1.29, 1.82) is 5.26 Å². The van der Waals surface area contributed by atoms with Gasteiger partial charge in [0.25, 0.3) is 5.91 Å². The molecular weight excluding hydrogens is 371 g/mol. The van der Waals surface area contributed by atoms with Crippen LogP contribution in [0.2, 0.25) is 0 Å². The van der Waals surface area contributed by atoms with Gasteiger partial charge < -0.3 is 14.8 Å². The third kappa shape index (κ3) is 6.64. The van der Waals surface area contributed by atoms with Crippen molar-refractivity contribution in [3.63, 3.8) is 0 Å². The van der Waals surface area contributed by atoms with Gasteiger partial charge in [0, 0.05) is 4.90 Å². The molecule has 0 radical (unpaired) electrons. The summed E-state index contributed by atoms with van der Waals surface area (Å²) in [5, 5.41) is 11.3. The van der Waals surface area contributed by atoms with Gasteiger partial charge in [-0.2, -0.15) is 5.26 Å². The first-order chi connectivity index (χ1) is 13.0. The third-order valence-electron chi connectivity index (χ3n) is 3.26. The van der Waals surface area contributed by atoms with E-state index in [1.807, 2.05) is 6.07 Å². The molecule has 0 heterocycles. The van der Waals surface area contributed by atoms with E-state index >= 15 is 0 Å². The molecule has 0 aromatic heterocycles. The number of nitrogens with zero attached hydrogens (tertiary/aromatic N) is 1. The minimum Gasteiger partial charge on any atom is -0.479 e. The molecule has 1 atom stereocenters. The Morgan fingerprint density at radius 2 is 1.93 bits per heavy atom. The van der Waals surface area contributed by atoms with Crippen LogP contribution < -0.4 is 10.1 Å². The van der Waals surface area contributed by atoms with Crippen molar-refractivity contribution in [2.75, 3.05) is 17.7 Å². The fourth-order valence-corrected chi connectivity index (χ4v) is 2.68. The van der Waals surface area contributed by atoms with Gasteiger partial charge in [0.2, 0.25) is 0 Å². The van der Waals surface area contributed by atoms with Crippen LogP contribution in [-0.2, 0) is 14.3 Å². The Morgan fingerprint density at radius 1 is 1.22 bits per heavy atom. The van der Waals surface area contributed by atoms with Crippen molar-refractivity contribution in [3.8, 4) is 11.8 Å². The van der Waals surface area contributed by atoms with Crippen LogP contribution in [0.5, 0.6) is 5.75 Å². The molecular formula is C19H17FN2O4S. The second kappa shape index (κ2) is 10.2.